The summed E-state index contributed by atoms with van der Waals surface area (Å²) < 4.78 is 0. The van der Waals surface area contributed by atoms with Crippen LogP contribution in [-0.4, -0.2) is 0 Å². The van der Waals surface area contributed by atoms with Crippen molar-refractivity contribution in [2.75, 3.05) is 11.1 Å². The third kappa shape index (κ3) is 2.84. The topological polar surface area (TPSA) is 38.0 Å². The maximum atomic E-state index is 5.95. The van der Waals surface area contributed by atoms with Crippen LogP contribution in [0.4, 0.5) is 17.1 Å². The number of hydrogen-bond acceptors (Lipinski definition) is 2. The fraction of sp³-hybridized carbons (Fsp3) is 0.0769. The minimum absolute atomic E-state index is 0.517. The van der Waals surface area contributed by atoms with E-state index in [9.17, 15) is 0 Å². The van der Waals surface area contributed by atoms with Gasteiger partial charge in [0, 0.05) is 5.69 Å². The Kier molecular flexibility index (Phi) is 3.46. The maximum Gasteiger partial charge on any atom is 0.0620 e. The molecule has 0 saturated heterocycles. The van der Waals surface area contributed by atoms with Crippen LogP contribution < -0.4 is 11.1 Å². The van der Waals surface area contributed by atoms with Crippen LogP contribution in [0.5, 0.6) is 0 Å². The molecule has 17 heavy (non-hydrogen) atoms. The van der Waals surface area contributed by atoms with Gasteiger partial charge in [0.1, 0.15) is 0 Å². The van der Waals surface area contributed by atoms with Crippen molar-refractivity contribution in [2.45, 2.75) is 6.92 Å². The van der Waals surface area contributed by atoms with Gasteiger partial charge >= 0.3 is 0 Å². The molecule has 0 aromatic heterocycles. The van der Waals surface area contributed by atoms with Crippen LogP contribution >= 0.6 is 23.2 Å². The summed E-state index contributed by atoms with van der Waals surface area (Å²) in [5.41, 5.74) is 9.44. The summed E-state index contributed by atoms with van der Waals surface area (Å²) >= 11 is 11.8. The van der Waals surface area contributed by atoms with Crippen LogP contribution in [0.2, 0.25) is 10.0 Å². The average molecular weight is 267 g/mol. The first-order valence-corrected chi connectivity index (χ1v) is 5.90. The number of halogens is 2. The van der Waals surface area contributed by atoms with Crippen LogP contribution in [0.3, 0.4) is 0 Å². The number of anilines is 3. The van der Waals surface area contributed by atoms with E-state index in [2.05, 4.69) is 5.32 Å². The Balaban J connectivity index is 2.31. The summed E-state index contributed by atoms with van der Waals surface area (Å²) in [4.78, 5) is 0. The zero-order valence-electron chi connectivity index (χ0n) is 9.30. The van der Waals surface area contributed by atoms with Gasteiger partial charge in [-0.05, 0) is 42.8 Å². The van der Waals surface area contributed by atoms with Gasteiger partial charge < -0.3 is 11.1 Å². The molecule has 0 radical (unpaired) electrons. The Morgan fingerprint density at radius 2 is 1.76 bits per heavy atom. The van der Waals surface area contributed by atoms with E-state index in [1.54, 1.807) is 12.1 Å². The second kappa shape index (κ2) is 4.86. The average Bonchev–Trinajstić information content (AvgIpc) is 2.29. The number of aryl methyl sites for hydroxylation is 1. The predicted molar refractivity (Wildman–Crippen MR) is 75.3 cm³/mol. The van der Waals surface area contributed by atoms with E-state index < -0.39 is 0 Å². The number of nitrogens with two attached hydrogens (primary N) is 1. The highest BCUT2D eigenvalue weighted by Gasteiger charge is 2.02. The van der Waals surface area contributed by atoms with Gasteiger partial charge in [-0.2, -0.15) is 0 Å². The third-order valence-corrected chi connectivity index (χ3v) is 3.15. The summed E-state index contributed by atoms with van der Waals surface area (Å²) in [5, 5.41) is 4.27. The molecular formula is C13H12Cl2N2. The number of nitrogen functional groups attached to an aromatic ring is 1. The predicted octanol–water partition coefficient (Wildman–Crippen LogP) is 4.63. The summed E-state index contributed by atoms with van der Waals surface area (Å²) in [6.07, 6.45) is 0. The molecule has 88 valence electrons. The van der Waals surface area contributed by atoms with Crippen molar-refractivity contribution < 1.29 is 0 Å². The summed E-state index contributed by atoms with van der Waals surface area (Å²) in [5.74, 6) is 0. The van der Waals surface area contributed by atoms with Crippen LogP contribution in [0.15, 0.2) is 36.4 Å². The Labute approximate surface area is 110 Å². The van der Waals surface area contributed by atoms with Crippen LogP contribution in [-0.2, 0) is 0 Å². The van der Waals surface area contributed by atoms with Gasteiger partial charge in [0.2, 0.25) is 0 Å². The molecule has 2 rings (SSSR count). The van der Waals surface area contributed by atoms with E-state index >= 15 is 0 Å². The Hall–Kier alpha value is -1.38. The Morgan fingerprint density at radius 3 is 2.47 bits per heavy atom. The molecule has 0 heterocycles. The number of benzene rings is 2. The molecule has 0 aliphatic rings. The van der Waals surface area contributed by atoms with E-state index in [1.165, 1.54) is 0 Å². The number of hydrogen-bond donors (Lipinski definition) is 2. The zero-order valence-corrected chi connectivity index (χ0v) is 10.8. The van der Waals surface area contributed by atoms with Gasteiger partial charge in [0.05, 0.1) is 21.4 Å². The molecule has 0 aliphatic carbocycles. The lowest BCUT2D eigenvalue weighted by atomic mass is 10.2. The highest BCUT2D eigenvalue weighted by Crippen LogP contribution is 2.29. The number of rotatable bonds is 2. The molecule has 2 nitrogen and oxygen atoms in total. The van der Waals surface area contributed by atoms with Crippen LogP contribution in [0, 0.1) is 6.92 Å². The van der Waals surface area contributed by atoms with Crippen molar-refractivity contribution in [3.8, 4) is 0 Å². The molecule has 0 amide bonds. The van der Waals surface area contributed by atoms with E-state index in [4.69, 9.17) is 28.9 Å². The second-order valence-electron chi connectivity index (χ2n) is 3.84. The van der Waals surface area contributed by atoms with Crippen LogP contribution in [0.25, 0.3) is 0 Å². The monoisotopic (exact) mass is 266 g/mol. The molecule has 2 aromatic carbocycles. The summed E-state index contributed by atoms with van der Waals surface area (Å²) in [7, 11) is 0. The largest absolute Gasteiger partial charge is 0.397 e. The van der Waals surface area contributed by atoms with Crippen molar-refractivity contribution in [2.24, 2.45) is 0 Å². The van der Waals surface area contributed by atoms with E-state index in [0.717, 1.165) is 16.9 Å². The normalized spacial score (nSPS) is 10.3. The van der Waals surface area contributed by atoms with Crippen LogP contribution in [0.1, 0.15) is 5.56 Å². The van der Waals surface area contributed by atoms with Gasteiger partial charge in [-0.25, -0.2) is 0 Å². The van der Waals surface area contributed by atoms with Gasteiger partial charge in [0.15, 0.2) is 0 Å². The quantitative estimate of drug-likeness (QED) is 0.778. The molecule has 4 heteroatoms. The molecule has 2 aromatic rings. The fourth-order valence-electron chi connectivity index (χ4n) is 1.51. The van der Waals surface area contributed by atoms with Crippen molar-refractivity contribution in [3.05, 3.63) is 52.0 Å². The standard InChI is InChI=1S/C13H12Cl2N2/c1-8-2-5-12(16)13(6-8)17-9-3-4-10(14)11(15)7-9/h2-7,17H,16H2,1H3. The Bertz CT molecular complexity index is 553. The lowest BCUT2D eigenvalue weighted by molar-refractivity contribution is 1.45. The van der Waals surface area contributed by atoms with Crippen molar-refractivity contribution in [3.63, 3.8) is 0 Å². The smallest absolute Gasteiger partial charge is 0.0620 e. The molecular weight excluding hydrogens is 255 g/mol. The van der Waals surface area contributed by atoms with Gasteiger partial charge in [-0.15, -0.1) is 0 Å². The summed E-state index contributed by atoms with van der Waals surface area (Å²) in [6.45, 7) is 2.01. The van der Waals surface area contributed by atoms with E-state index in [0.29, 0.717) is 15.7 Å². The maximum absolute atomic E-state index is 5.95. The van der Waals surface area contributed by atoms with Crippen molar-refractivity contribution in [1.29, 1.82) is 0 Å². The lowest BCUT2D eigenvalue weighted by Crippen LogP contribution is -1.96. The van der Waals surface area contributed by atoms with Crippen molar-refractivity contribution in [1.82, 2.24) is 0 Å². The summed E-state index contributed by atoms with van der Waals surface area (Å²) in [6, 6.07) is 11.2. The Morgan fingerprint density at radius 1 is 1.00 bits per heavy atom. The third-order valence-electron chi connectivity index (χ3n) is 2.41. The first-order valence-electron chi connectivity index (χ1n) is 5.14. The van der Waals surface area contributed by atoms with E-state index in [-0.39, 0.29) is 0 Å². The first kappa shape index (κ1) is 12.1. The highest BCUT2D eigenvalue weighted by molar-refractivity contribution is 6.42. The fourth-order valence-corrected chi connectivity index (χ4v) is 1.81. The molecule has 0 atom stereocenters. The van der Waals surface area contributed by atoms with Gasteiger partial charge in [0.25, 0.3) is 0 Å². The first-order chi connectivity index (χ1) is 8.06. The van der Waals surface area contributed by atoms with Crippen molar-refractivity contribution >= 4 is 40.3 Å². The lowest BCUT2D eigenvalue weighted by Gasteiger charge is -2.10. The molecule has 3 N–H and O–H groups in total. The zero-order chi connectivity index (χ0) is 12.4. The molecule has 0 fully saturated rings. The van der Waals surface area contributed by atoms with Gasteiger partial charge in [-0.1, -0.05) is 29.3 Å². The van der Waals surface area contributed by atoms with Gasteiger partial charge in [-0.3, -0.25) is 0 Å². The molecule has 0 aliphatic heterocycles. The highest BCUT2D eigenvalue weighted by atomic mass is 35.5. The number of nitrogens with one attached hydrogen (secondary N) is 1. The molecule has 0 unspecified atom stereocenters. The SMILES string of the molecule is Cc1ccc(N)c(Nc2ccc(Cl)c(Cl)c2)c1. The van der Waals surface area contributed by atoms with E-state index in [1.807, 2.05) is 31.2 Å². The second-order valence-corrected chi connectivity index (χ2v) is 4.66. The molecule has 0 bridgehead atoms. The minimum atomic E-state index is 0.517. The molecule has 0 saturated carbocycles. The minimum Gasteiger partial charge on any atom is -0.397 e. The molecule has 0 spiro atoms.